The third kappa shape index (κ3) is 5.96. The Morgan fingerprint density at radius 1 is 1.06 bits per heavy atom. The third-order valence-corrected chi connectivity index (χ3v) is 5.55. The van der Waals surface area contributed by atoms with E-state index in [9.17, 15) is 13.2 Å². The fourth-order valence-corrected chi connectivity index (χ4v) is 3.97. The van der Waals surface area contributed by atoms with Crippen molar-refractivity contribution in [1.29, 1.82) is 0 Å². The zero-order valence-corrected chi connectivity index (χ0v) is 19.0. The summed E-state index contributed by atoms with van der Waals surface area (Å²) in [5.41, 5.74) is 4.18. The quantitative estimate of drug-likeness (QED) is 0.394. The van der Waals surface area contributed by atoms with E-state index in [4.69, 9.17) is 24.4 Å². The fraction of sp³-hybridized carbons (Fsp3) is 0.167. The maximum absolute atomic E-state index is 10.5. The Balaban J connectivity index is 0.000000406. The van der Waals surface area contributed by atoms with Crippen molar-refractivity contribution in [2.24, 2.45) is 0 Å². The van der Waals surface area contributed by atoms with Crippen molar-refractivity contribution in [1.82, 2.24) is 9.55 Å². The number of halogens is 3. The minimum absolute atomic E-state index is 0.715. The lowest BCUT2D eigenvalue weighted by atomic mass is 10.1. The third-order valence-electron chi connectivity index (χ3n) is 4.67. The van der Waals surface area contributed by atoms with Crippen LogP contribution in [0.2, 0.25) is 0 Å². The maximum Gasteiger partial charge on any atom is 0.430 e. The minimum Gasteiger partial charge on any atom is -0.542 e. The van der Waals surface area contributed by atoms with Gasteiger partial charge in [0.05, 0.1) is 31.1 Å². The Labute approximate surface area is 197 Å². The first-order valence-corrected chi connectivity index (χ1v) is 10.8. The summed E-state index contributed by atoms with van der Waals surface area (Å²) in [6, 6.07) is 20.3. The molecule has 0 aliphatic rings. The normalized spacial score (nSPS) is 10.9. The predicted octanol–water partition coefficient (Wildman–Crippen LogP) is 4.64. The Hall–Kier alpha value is -3.79. The summed E-state index contributed by atoms with van der Waals surface area (Å²) in [5.74, 6) is -1.33. The SMILES string of the molecule is COc1cccc(Cn2cnc(-c3ccccc3OC)c2-c2cccs2)c1.O=C([O-])C(F)(F)F. The molecule has 2 aromatic carbocycles. The van der Waals surface area contributed by atoms with Crippen LogP contribution in [-0.4, -0.2) is 35.9 Å². The van der Waals surface area contributed by atoms with Crippen LogP contribution >= 0.6 is 11.3 Å². The van der Waals surface area contributed by atoms with Crippen molar-refractivity contribution >= 4 is 17.3 Å². The van der Waals surface area contributed by atoms with Gasteiger partial charge < -0.3 is 23.9 Å². The van der Waals surface area contributed by atoms with Gasteiger partial charge in [0.2, 0.25) is 0 Å². The molecular formula is C24H20F3N2O4S-. The molecule has 178 valence electrons. The number of thiophene rings is 1. The molecule has 0 saturated carbocycles. The van der Waals surface area contributed by atoms with E-state index < -0.39 is 12.1 Å². The zero-order chi connectivity index (χ0) is 24.7. The number of aromatic nitrogens is 2. The number of imidazole rings is 1. The van der Waals surface area contributed by atoms with Crippen LogP contribution in [0, 0.1) is 0 Å². The van der Waals surface area contributed by atoms with Gasteiger partial charge in [0, 0.05) is 12.1 Å². The fourth-order valence-electron chi connectivity index (χ4n) is 3.18. The van der Waals surface area contributed by atoms with Gasteiger partial charge in [-0.25, -0.2) is 4.98 Å². The number of ether oxygens (including phenoxy) is 2. The highest BCUT2D eigenvalue weighted by Crippen LogP contribution is 2.38. The summed E-state index contributed by atoms with van der Waals surface area (Å²) in [6.45, 7) is 0.715. The highest BCUT2D eigenvalue weighted by molar-refractivity contribution is 7.13. The largest absolute Gasteiger partial charge is 0.542 e. The Morgan fingerprint density at radius 2 is 1.79 bits per heavy atom. The first kappa shape index (κ1) is 24.8. The molecule has 2 aromatic heterocycles. The number of para-hydroxylation sites is 1. The molecule has 0 radical (unpaired) electrons. The molecule has 0 aliphatic heterocycles. The molecule has 0 bridgehead atoms. The van der Waals surface area contributed by atoms with Gasteiger partial charge in [-0.2, -0.15) is 13.2 Å². The number of nitrogens with zero attached hydrogens (tertiary/aromatic N) is 2. The van der Waals surface area contributed by atoms with Crippen molar-refractivity contribution in [3.05, 3.63) is 77.9 Å². The number of benzene rings is 2. The van der Waals surface area contributed by atoms with Crippen molar-refractivity contribution < 1.29 is 32.5 Å². The van der Waals surface area contributed by atoms with Crippen LogP contribution in [0.3, 0.4) is 0 Å². The van der Waals surface area contributed by atoms with Crippen molar-refractivity contribution in [3.8, 4) is 33.3 Å². The number of alkyl halides is 3. The Bertz CT molecular complexity index is 1240. The lowest BCUT2D eigenvalue weighted by molar-refractivity contribution is -0.344. The number of carbonyl (C=O) groups is 1. The summed E-state index contributed by atoms with van der Waals surface area (Å²) >= 11 is 1.71. The second-order valence-electron chi connectivity index (χ2n) is 6.88. The molecule has 34 heavy (non-hydrogen) atoms. The molecule has 0 spiro atoms. The molecule has 4 rings (SSSR count). The van der Waals surface area contributed by atoms with E-state index in [1.165, 1.54) is 4.88 Å². The van der Waals surface area contributed by atoms with E-state index in [2.05, 4.69) is 34.2 Å². The first-order chi connectivity index (χ1) is 16.2. The van der Waals surface area contributed by atoms with Crippen LogP contribution in [0.15, 0.2) is 72.4 Å². The van der Waals surface area contributed by atoms with Gasteiger partial charge in [-0.3, -0.25) is 0 Å². The van der Waals surface area contributed by atoms with Gasteiger partial charge >= 0.3 is 6.18 Å². The minimum atomic E-state index is -5.19. The van der Waals surface area contributed by atoms with Crippen molar-refractivity contribution in [2.45, 2.75) is 12.7 Å². The van der Waals surface area contributed by atoms with Gasteiger partial charge in [-0.05, 0) is 41.3 Å². The molecule has 2 heterocycles. The molecule has 10 heteroatoms. The first-order valence-electron chi connectivity index (χ1n) is 9.88. The Morgan fingerprint density at radius 3 is 2.41 bits per heavy atom. The van der Waals surface area contributed by atoms with Gasteiger partial charge in [-0.15, -0.1) is 11.3 Å². The molecule has 0 atom stereocenters. The van der Waals surface area contributed by atoms with E-state index in [0.29, 0.717) is 6.54 Å². The zero-order valence-electron chi connectivity index (χ0n) is 18.2. The molecule has 0 fully saturated rings. The lowest BCUT2D eigenvalue weighted by Gasteiger charge is -2.12. The smallest absolute Gasteiger partial charge is 0.430 e. The number of carboxylic acids is 1. The van der Waals surface area contributed by atoms with Gasteiger partial charge in [0.1, 0.15) is 23.2 Å². The number of methoxy groups -OCH3 is 2. The van der Waals surface area contributed by atoms with E-state index in [1.807, 2.05) is 42.7 Å². The summed E-state index contributed by atoms with van der Waals surface area (Å²) in [4.78, 5) is 14.7. The molecule has 0 saturated heterocycles. The molecule has 6 nitrogen and oxygen atoms in total. The molecule has 0 unspecified atom stereocenters. The van der Waals surface area contributed by atoms with Crippen LogP contribution < -0.4 is 14.6 Å². The Kier molecular flexibility index (Phi) is 7.95. The summed E-state index contributed by atoms with van der Waals surface area (Å²) < 4.78 is 44.7. The highest BCUT2D eigenvalue weighted by Gasteiger charge is 2.28. The van der Waals surface area contributed by atoms with Crippen LogP contribution in [0.25, 0.3) is 21.8 Å². The van der Waals surface area contributed by atoms with Crippen molar-refractivity contribution in [2.75, 3.05) is 14.2 Å². The monoisotopic (exact) mass is 489 g/mol. The number of carboxylic acid groups (broad SMARTS) is 1. The van der Waals surface area contributed by atoms with Crippen LogP contribution in [-0.2, 0) is 11.3 Å². The van der Waals surface area contributed by atoms with Gasteiger partial charge in [-0.1, -0.05) is 30.3 Å². The molecule has 0 N–H and O–H groups in total. The predicted molar refractivity (Wildman–Crippen MR) is 121 cm³/mol. The number of hydrogen-bond acceptors (Lipinski definition) is 6. The number of carbonyl (C=O) groups excluding carboxylic acids is 1. The van der Waals surface area contributed by atoms with Crippen LogP contribution in [0.5, 0.6) is 11.5 Å². The van der Waals surface area contributed by atoms with E-state index >= 15 is 0 Å². The molecule has 4 aromatic rings. The van der Waals surface area contributed by atoms with Crippen molar-refractivity contribution in [3.63, 3.8) is 0 Å². The van der Waals surface area contributed by atoms with E-state index in [-0.39, 0.29) is 0 Å². The highest BCUT2D eigenvalue weighted by atomic mass is 32.1. The standard InChI is InChI=1S/C22H20N2O2S.C2HF3O2/c1-25-17-8-5-7-16(13-17)14-24-15-23-21(22(24)20-11-6-12-27-20)18-9-3-4-10-19(18)26-2;3-2(4,5)1(6)7/h3-13,15H,14H2,1-2H3;(H,6,7)/p-1. The second kappa shape index (κ2) is 10.9. The maximum atomic E-state index is 10.5. The number of aliphatic carboxylic acids is 1. The average molecular weight is 489 g/mol. The van der Waals surface area contributed by atoms with Gasteiger partial charge in [0.15, 0.2) is 0 Å². The van der Waals surface area contributed by atoms with Gasteiger partial charge in [0.25, 0.3) is 0 Å². The van der Waals surface area contributed by atoms with E-state index in [1.54, 1.807) is 25.6 Å². The average Bonchev–Trinajstić information content (AvgIpc) is 3.49. The van der Waals surface area contributed by atoms with Crippen LogP contribution in [0.1, 0.15) is 5.56 Å². The number of rotatable bonds is 6. The second-order valence-corrected chi connectivity index (χ2v) is 7.83. The molecule has 0 aliphatic carbocycles. The topological polar surface area (TPSA) is 76.4 Å². The lowest BCUT2D eigenvalue weighted by Crippen LogP contribution is -2.37. The van der Waals surface area contributed by atoms with Crippen LogP contribution in [0.4, 0.5) is 13.2 Å². The molecule has 0 amide bonds. The molecular weight excluding hydrogens is 469 g/mol. The number of hydrogen-bond donors (Lipinski definition) is 0. The summed E-state index contributed by atoms with van der Waals surface area (Å²) in [5, 5.41) is 10.9. The van der Waals surface area contributed by atoms with E-state index in [0.717, 1.165) is 34.0 Å². The summed E-state index contributed by atoms with van der Waals surface area (Å²) in [7, 11) is 3.38. The summed E-state index contributed by atoms with van der Waals surface area (Å²) in [6.07, 6.45) is -3.30.